The lowest BCUT2D eigenvalue weighted by atomic mass is 9.66. The Labute approximate surface area is 300 Å². The fraction of sp³-hybridized carbons (Fsp3) is 0.600. The summed E-state index contributed by atoms with van der Waals surface area (Å²) < 4.78 is 0. The summed E-state index contributed by atoms with van der Waals surface area (Å²) in [7, 11) is 0. The molecule has 0 aliphatic heterocycles. The summed E-state index contributed by atoms with van der Waals surface area (Å²) in [4.78, 5) is 2.80. The maximum absolute atomic E-state index is 10.9. The van der Waals surface area contributed by atoms with E-state index in [1.165, 1.54) is 16.7 Å². The van der Waals surface area contributed by atoms with Crippen LogP contribution >= 0.6 is 0 Å². The van der Waals surface area contributed by atoms with Gasteiger partial charge in [0.1, 0.15) is 17.2 Å². The molecule has 3 rings (SSSR count). The van der Waals surface area contributed by atoms with Gasteiger partial charge >= 0.3 is 0 Å². The first-order chi connectivity index (χ1) is 21.9. The average molecular weight is 672 g/mol. The molecule has 0 radical (unpaired) electrons. The highest BCUT2D eigenvalue weighted by Crippen LogP contribution is 2.59. The second-order valence-electron chi connectivity index (χ2n) is 20.8. The van der Waals surface area contributed by atoms with Crippen molar-refractivity contribution in [2.75, 3.05) is 0 Å². The van der Waals surface area contributed by atoms with E-state index in [0.29, 0.717) is 0 Å². The molecule has 0 bridgehead atoms. The van der Waals surface area contributed by atoms with Gasteiger partial charge in [-0.2, -0.15) is 0 Å². The summed E-state index contributed by atoms with van der Waals surface area (Å²) in [6.07, 6.45) is 0. The molecule has 49 heavy (non-hydrogen) atoms. The molecule has 0 aliphatic carbocycles. The molecule has 3 aromatic carbocycles. The van der Waals surface area contributed by atoms with E-state index in [9.17, 15) is 15.3 Å². The van der Waals surface area contributed by atoms with Crippen molar-refractivity contribution in [1.29, 1.82) is 0 Å². The highest BCUT2D eigenvalue weighted by Gasteiger charge is 2.50. The predicted octanol–water partition coefficient (Wildman–Crippen LogP) is 12.7. The van der Waals surface area contributed by atoms with Crippen LogP contribution in [-0.2, 0) is 16.2 Å². The molecule has 0 heterocycles. The molecule has 3 N–H and O–H groups in total. The molecule has 0 saturated heterocycles. The Kier molecular flexibility index (Phi) is 11.0. The summed E-state index contributed by atoms with van der Waals surface area (Å²) in [5, 5.41) is 32.7. The Bertz CT molecular complexity index is 1410. The number of benzene rings is 3. The van der Waals surface area contributed by atoms with Crippen molar-refractivity contribution >= 4 is 0 Å². The van der Waals surface area contributed by atoms with E-state index >= 15 is 0 Å². The van der Waals surface area contributed by atoms with Gasteiger partial charge in [-0.1, -0.05) is 143 Å². The number of hydrogen-bond acceptors (Lipinski definition) is 4. The van der Waals surface area contributed by atoms with Gasteiger partial charge in [-0.3, -0.25) is 4.90 Å². The lowest BCUT2D eigenvalue weighted by Gasteiger charge is -2.57. The third kappa shape index (κ3) is 9.04. The van der Waals surface area contributed by atoms with Crippen molar-refractivity contribution in [3.63, 3.8) is 0 Å². The molecule has 0 aliphatic rings. The Morgan fingerprint density at radius 1 is 0.367 bits per heavy atom. The molecule has 4 nitrogen and oxygen atoms in total. The SMILES string of the molecule is CC(C)(C)c1cc(O)ccc1C(N(C(c1ccc(O)cc1C(C)(C)C)C(C)(C)C)C(c1ccc(O)cc1C(C)(C)C)C(C)(C)C)C(C)(C)C. The number of nitrogens with zero attached hydrogens (tertiary/aromatic N) is 1. The van der Waals surface area contributed by atoms with E-state index in [4.69, 9.17) is 0 Å². The van der Waals surface area contributed by atoms with Gasteiger partial charge in [0.15, 0.2) is 0 Å². The summed E-state index contributed by atoms with van der Waals surface area (Å²) in [5.74, 6) is 0.819. The second-order valence-corrected chi connectivity index (χ2v) is 20.8. The van der Waals surface area contributed by atoms with E-state index in [-0.39, 0.29) is 67.9 Å². The van der Waals surface area contributed by atoms with E-state index in [1.807, 2.05) is 36.4 Å². The van der Waals surface area contributed by atoms with Gasteiger partial charge in [0.25, 0.3) is 0 Å². The minimum atomic E-state index is -0.262. The lowest BCUT2D eigenvalue weighted by Crippen LogP contribution is -2.50. The van der Waals surface area contributed by atoms with Crippen molar-refractivity contribution in [2.24, 2.45) is 16.2 Å². The molecular formula is C45H69NO3. The monoisotopic (exact) mass is 672 g/mol. The first-order valence-electron chi connectivity index (χ1n) is 18.1. The Balaban J connectivity index is 2.76. The summed E-state index contributed by atoms with van der Waals surface area (Å²) in [6.45, 7) is 41.1. The first-order valence-corrected chi connectivity index (χ1v) is 18.1. The molecule has 0 fully saturated rings. The average Bonchev–Trinajstić information content (AvgIpc) is 2.87. The highest BCUT2D eigenvalue weighted by molar-refractivity contribution is 5.47. The quantitative estimate of drug-likeness (QED) is 0.244. The van der Waals surface area contributed by atoms with Crippen molar-refractivity contribution in [2.45, 2.75) is 159 Å². The predicted molar refractivity (Wildman–Crippen MR) is 209 cm³/mol. The second kappa shape index (κ2) is 13.3. The van der Waals surface area contributed by atoms with E-state index in [0.717, 1.165) is 16.7 Å². The van der Waals surface area contributed by atoms with Gasteiger partial charge in [0.05, 0.1) is 0 Å². The van der Waals surface area contributed by atoms with Crippen LogP contribution in [0.1, 0.15) is 176 Å². The van der Waals surface area contributed by atoms with Crippen LogP contribution in [0.5, 0.6) is 17.2 Å². The largest absolute Gasteiger partial charge is 0.508 e. The number of phenolic OH excluding ortho intramolecular Hbond substituents is 3. The zero-order valence-corrected chi connectivity index (χ0v) is 34.2. The number of aromatic hydroxyl groups is 3. The normalized spacial score (nSPS) is 15.7. The van der Waals surface area contributed by atoms with Crippen LogP contribution in [0.15, 0.2) is 54.6 Å². The zero-order valence-electron chi connectivity index (χ0n) is 34.2. The third-order valence-corrected chi connectivity index (χ3v) is 9.77. The molecule has 0 spiro atoms. The van der Waals surface area contributed by atoms with Gasteiger partial charge < -0.3 is 15.3 Å². The molecular weight excluding hydrogens is 602 g/mol. The lowest BCUT2D eigenvalue weighted by molar-refractivity contribution is -0.0640. The van der Waals surface area contributed by atoms with Crippen LogP contribution in [0.3, 0.4) is 0 Å². The van der Waals surface area contributed by atoms with Crippen LogP contribution in [-0.4, -0.2) is 20.2 Å². The summed E-state index contributed by atoms with van der Waals surface area (Å²) in [5.41, 5.74) is 5.50. The van der Waals surface area contributed by atoms with Crippen LogP contribution < -0.4 is 0 Å². The van der Waals surface area contributed by atoms with Gasteiger partial charge in [0.2, 0.25) is 0 Å². The maximum atomic E-state index is 10.9. The summed E-state index contributed by atoms with van der Waals surface area (Å²) in [6, 6.07) is 17.6. The van der Waals surface area contributed by atoms with Gasteiger partial charge in [-0.25, -0.2) is 0 Å². The Hall–Kier alpha value is -2.98. The standard InChI is InChI=1S/C45H69NO3/c1-40(2,3)34-25-28(47)19-22-31(34)37(43(10,11)12)46(38(44(13,14)15)32-23-20-29(48)26-35(32)41(4,5)6)39(45(16,17)18)33-24-21-30(49)27-36(33)42(7,8)9/h19-27,37-39,47-49H,1-18H3. The van der Waals surface area contributed by atoms with Gasteiger partial charge in [-0.15, -0.1) is 0 Å². The fourth-order valence-electron chi connectivity index (χ4n) is 7.97. The molecule has 3 unspecified atom stereocenters. The zero-order chi connectivity index (χ0) is 37.9. The van der Waals surface area contributed by atoms with Crippen LogP contribution in [0, 0.1) is 16.2 Å². The Morgan fingerprint density at radius 2 is 0.571 bits per heavy atom. The fourth-order valence-corrected chi connectivity index (χ4v) is 7.97. The molecule has 0 amide bonds. The van der Waals surface area contributed by atoms with Gasteiger partial charge in [0, 0.05) is 18.1 Å². The van der Waals surface area contributed by atoms with Gasteiger partial charge in [-0.05, 0) is 102 Å². The minimum Gasteiger partial charge on any atom is -0.508 e. The maximum Gasteiger partial charge on any atom is 0.115 e. The van der Waals surface area contributed by atoms with E-state index in [1.54, 1.807) is 0 Å². The third-order valence-electron chi connectivity index (χ3n) is 9.77. The van der Waals surface area contributed by atoms with Crippen LogP contribution in [0.2, 0.25) is 0 Å². The molecule has 3 atom stereocenters. The minimum absolute atomic E-state index is 0.112. The Morgan fingerprint density at radius 3 is 0.735 bits per heavy atom. The molecule has 3 aromatic rings. The molecule has 0 saturated carbocycles. The smallest absolute Gasteiger partial charge is 0.115 e. The molecule has 4 heteroatoms. The van der Waals surface area contributed by atoms with Crippen LogP contribution in [0.4, 0.5) is 0 Å². The van der Waals surface area contributed by atoms with Crippen molar-refractivity contribution in [3.05, 3.63) is 88.0 Å². The molecule has 272 valence electrons. The van der Waals surface area contributed by atoms with Crippen molar-refractivity contribution in [1.82, 2.24) is 4.90 Å². The topological polar surface area (TPSA) is 63.9 Å². The van der Waals surface area contributed by atoms with Crippen molar-refractivity contribution < 1.29 is 15.3 Å². The first kappa shape index (κ1) is 40.4. The highest BCUT2D eigenvalue weighted by atomic mass is 16.3. The van der Waals surface area contributed by atoms with E-state index < -0.39 is 0 Å². The molecule has 0 aromatic heterocycles. The number of phenols is 3. The summed E-state index contributed by atoms with van der Waals surface area (Å²) >= 11 is 0. The number of rotatable bonds is 6. The number of hydrogen-bond donors (Lipinski definition) is 3. The van der Waals surface area contributed by atoms with E-state index in [2.05, 4.69) is 148 Å². The van der Waals surface area contributed by atoms with Crippen LogP contribution in [0.25, 0.3) is 0 Å². The van der Waals surface area contributed by atoms with Crippen molar-refractivity contribution in [3.8, 4) is 17.2 Å².